The van der Waals surface area contributed by atoms with Crippen LogP contribution in [0, 0.1) is 6.92 Å². The van der Waals surface area contributed by atoms with Crippen LogP contribution < -0.4 is 5.32 Å². The van der Waals surface area contributed by atoms with Crippen LogP contribution >= 0.6 is 0 Å². The Morgan fingerprint density at radius 2 is 2.03 bits per heavy atom. The molecule has 1 saturated heterocycles. The van der Waals surface area contributed by atoms with Gasteiger partial charge in [-0.3, -0.25) is 4.99 Å². The Morgan fingerprint density at radius 3 is 2.90 bits per heavy atom. The maximum absolute atomic E-state index is 6.05. The van der Waals surface area contributed by atoms with Crippen LogP contribution in [0.15, 0.2) is 59.9 Å². The van der Waals surface area contributed by atoms with Crippen LogP contribution in [0.1, 0.15) is 23.7 Å². The third-order valence-electron chi connectivity index (χ3n) is 5.50. The Bertz CT molecular complexity index is 980. The number of hydrogen-bond acceptors (Lipinski definition) is 3. The number of nitrogens with one attached hydrogen (secondary N) is 1. The molecule has 3 aromatic rings. The number of imidazole rings is 1. The molecule has 1 aliphatic rings. The summed E-state index contributed by atoms with van der Waals surface area (Å²) in [6.45, 7) is 6.32. The van der Waals surface area contributed by atoms with Crippen molar-refractivity contribution in [3.8, 4) is 0 Å². The summed E-state index contributed by atoms with van der Waals surface area (Å²) in [4.78, 5) is 11.3. The summed E-state index contributed by atoms with van der Waals surface area (Å²) in [5.74, 6) is 0.947. The Morgan fingerprint density at radius 1 is 1.21 bits per heavy atom. The average molecular weight is 392 g/mol. The molecule has 0 saturated carbocycles. The van der Waals surface area contributed by atoms with Gasteiger partial charge in [-0.25, -0.2) is 4.98 Å². The molecule has 1 unspecified atom stereocenters. The zero-order valence-electron chi connectivity index (χ0n) is 17.2. The van der Waals surface area contributed by atoms with E-state index in [1.165, 1.54) is 16.6 Å². The molecule has 1 aromatic heterocycles. The predicted molar refractivity (Wildman–Crippen MR) is 117 cm³/mol. The standard InChI is InChI=1S/C23H29N5O/c1-18-8-3-4-9-19(18)22-16-27(14-15-29-22)23(24-2)25-12-7-13-28-17-26-20-10-5-6-11-21(20)28/h3-6,8-11,17,22H,7,12-16H2,1-2H3,(H,24,25). The molecule has 1 fully saturated rings. The number of morpholine rings is 1. The fourth-order valence-corrected chi connectivity index (χ4v) is 3.95. The van der Waals surface area contributed by atoms with Gasteiger partial charge in [0.05, 0.1) is 30.5 Å². The zero-order chi connectivity index (χ0) is 20.1. The topological polar surface area (TPSA) is 54.7 Å². The first-order valence-electron chi connectivity index (χ1n) is 10.3. The molecule has 29 heavy (non-hydrogen) atoms. The molecule has 0 aliphatic carbocycles. The average Bonchev–Trinajstić information content (AvgIpc) is 3.17. The van der Waals surface area contributed by atoms with Crippen LogP contribution in [0.2, 0.25) is 0 Å². The number of guanidine groups is 1. The Hall–Kier alpha value is -2.86. The van der Waals surface area contributed by atoms with Crippen molar-refractivity contribution in [2.75, 3.05) is 33.3 Å². The number of hydrogen-bond donors (Lipinski definition) is 1. The number of ether oxygens (including phenoxy) is 1. The lowest BCUT2D eigenvalue weighted by molar-refractivity contribution is -0.00830. The van der Waals surface area contributed by atoms with E-state index in [-0.39, 0.29) is 6.10 Å². The first-order chi connectivity index (χ1) is 14.3. The first kappa shape index (κ1) is 19.5. The molecular formula is C23H29N5O. The molecule has 0 bridgehead atoms. The van der Waals surface area contributed by atoms with E-state index in [2.05, 4.69) is 74.1 Å². The number of nitrogens with zero attached hydrogens (tertiary/aromatic N) is 4. The molecule has 6 heteroatoms. The highest BCUT2D eigenvalue weighted by molar-refractivity contribution is 5.80. The lowest BCUT2D eigenvalue weighted by Gasteiger charge is -2.35. The maximum atomic E-state index is 6.05. The Kier molecular flexibility index (Phi) is 6.10. The summed E-state index contributed by atoms with van der Waals surface area (Å²) in [5.41, 5.74) is 4.77. The van der Waals surface area contributed by atoms with Gasteiger partial charge in [-0.05, 0) is 36.6 Å². The molecule has 152 valence electrons. The maximum Gasteiger partial charge on any atom is 0.193 e. The monoisotopic (exact) mass is 391 g/mol. The molecule has 4 rings (SSSR count). The second-order valence-electron chi connectivity index (χ2n) is 7.42. The summed E-state index contributed by atoms with van der Waals surface area (Å²) in [7, 11) is 1.85. The summed E-state index contributed by atoms with van der Waals surface area (Å²) >= 11 is 0. The van der Waals surface area contributed by atoms with E-state index < -0.39 is 0 Å². The minimum absolute atomic E-state index is 0.0841. The van der Waals surface area contributed by atoms with Gasteiger partial charge in [0.1, 0.15) is 6.10 Å². The van der Waals surface area contributed by atoms with Crippen molar-refractivity contribution in [2.24, 2.45) is 4.99 Å². The van der Waals surface area contributed by atoms with Gasteiger partial charge in [-0.1, -0.05) is 36.4 Å². The van der Waals surface area contributed by atoms with Crippen molar-refractivity contribution in [3.05, 3.63) is 66.0 Å². The predicted octanol–water partition coefficient (Wildman–Crippen LogP) is 3.38. The van der Waals surface area contributed by atoms with E-state index >= 15 is 0 Å². The fraction of sp³-hybridized carbons (Fsp3) is 0.391. The number of rotatable bonds is 5. The minimum atomic E-state index is 0.0841. The van der Waals surface area contributed by atoms with Crippen LogP contribution in [0.5, 0.6) is 0 Å². The van der Waals surface area contributed by atoms with E-state index in [1.807, 2.05) is 19.4 Å². The van der Waals surface area contributed by atoms with Crippen molar-refractivity contribution in [2.45, 2.75) is 26.0 Å². The van der Waals surface area contributed by atoms with Crippen LogP contribution in [-0.2, 0) is 11.3 Å². The number of aliphatic imine (C=N–C) groups is 1. The largest absolute Gasteiger partial charge is 0.370 e. The highest BCUT2D eigenvalue weighted by Crippen LogP contribution is 2.25. The van der Waals surface area contributed by atoms with E-state index in [4.69, 9.17) is 4.74 Å². The van der Waals surface area contributed by atoms with Gasteiger partial charge in [0.25, 0.3) is 0 Å². The first-order valence-corrected chi connectivity index (χ1v) is 10.3. The number of benzene rings is 2. The molecule has 6 nitrogen and oxygen atoms in total. The highest BCUT2D eigenvalue weighted by atomic mass is 16.5. The summed E-state index contributed by atoms with van der Waals surface area (Å²) in [6.07, 6.45) is 3.01. The zero-order valence-corrected chi connectivity index (χ0v) is 17.2. The molecule has 2 heterocycles. The normalized spacial score (nSPS) is 17.7. The third-order valence-corrected chi connectivity index (χ3v) is 5.50. The Labute approximate surface area is 172 Å². The van der Waals surface area contributed by atoms with Gasteiger partial charge in [-0.15, -0.1) is 0 Å². The van der Waals surface area contributed by atoms with Crippen molar-refractivity contribution >= 4 is 17.0 Å². The highest BCUT2D eigenvalue weighted by Gasteiger charge is 2.24. The van der Waals surface area contributed by atoms with E-state index in [1.54, 1.807) is 0 Å². The lowest BCUT2D eigenvalue weighted by atomic mass is 10.0. The molecule has 1 N–H and O–H groups in total. The lowest BCUT2D eigenvalue weighted by Crippen LogP contribution is -2.48. The summed E-state index contributed by atoms with van der Waals surface area (Å²) in [6, 6.07) is 16.7. The smallest absolute Gasteiger partial charge is 0.193 e. The van der Waals surface area contributed by atoms with Crippen LogP contribution in [0.3, 0.4) is 0 Å². The number of fused-ring (bicyclic) bond motifs is 1. The van der Waals surface area contributed by atoms with Crippen LogP contribution in [0.4, 0.5) is 0 Å². The van der Waals surface area contributed by atoms with Crippen molar-refractivity contribution < 1.29 is 4.74 Å². The van der Waals surface area contributed by atoms with E-state index in [0.29, 0.717) is 6.61 Å². The summed E-state index contributed by atoms with van der Waals surface area (Å²) in [5, 5.41) is 3.52. The van der Waals surface area contributed by atoms with E-state index in [0.717, 1.165) is 44.1 Å². The van der Waals surface area contributed by atoms with E-state index in [9.17, 15) is 0 Å². The molecule has 0 radical (unpaired) electrons. The Balaban J connectivity index is 1.31. The molecular weight excluding hydrogens is 362 g/mol. The number of aromatic nitrogens is 2. The van der Waals surface area contributed by atoms with Gasteiger partial charge >= 0.3 is 0 Å². The second-order valence-corrected chi connectivity index (χ2v) is 7.42. The van der Waals surface area contributed by atoms with Crippen molar-refractivity contribution in [3.63, 3.8) is 0 Å². The van der Waals surface area contributed by atoms with Crippen LogP contribution in [-0.4, -0.2) is 53.7 Å². The number of para-hydroxylation sites is 2. The molecule has 0 amide bonds. The van der Waals surface area contributed by atoms with Crippen molar-refractivity contribution in [1.82, 2.24) is 19.8 Å². The SMILES string of the molecule is CN=C(NCCCn1cnc2ccccc21)N1CCOC(c2ccccc2C)C1. The van der Waals surface area contributed by atoms with Crippen molar-refractivity contribution in [1.29, 1.82) is 0 Å². The van der Waals surface area contributed by atoms with Gasteiger partial charge < -0.3 is 19.5 Å². The van der Waals surface area contributed by atoms with Gasteiger partial charge in [0, 0.05) is 26.7 Å². The quantitative estimate of drug-likeness (QED) is 0.412. The molecule has 2 aromatic carbocycles. The molecule has 1 aliphatic heterocycles. The minimum Gasteiger partial charge on any atom is -0.370 e. The van der Waals surface area contributed by atoms with Gasteiger partial charge in [-0.2, -0.15) is 0 Å². The van der Waals surface area contributed by atoms with Crippen LogP contribution in [0.25, 0.3) is 11.0 Å². The third kappa shape index (κ3) is 4.43. The molecule has 1 atom stereocenters. The molecule has 0 spiro atoms. The fourth-order valence-electron chi connectivity index (χ4n) is 3.95. The summed E-state index contributed by atoms with van der Waals surface area (Å²) < 4.78 is 8.26. The van der Waals surface area contributed by atoms with Gasteiger partial charge in [0.15, 0.2) is 5.96 Å². The van der Waals surface area contributed by atoms with Gasteiger partial charge in [0.2, 0.25) is 0 Å². The second kappa shape index (κ2) is 9.09. The number of aryl methyl sites for hydroxylation is 2.